The van der Waals surface area contributed by atoms with Crippen LogP contribution in [0.3, 0.4) is 0 Å². The van der Waals surface area contributed by atoms with Crippen molar-refractivity contribution in [2.75, 3.05) is 0 Å². The van der Waals surface area contributed by atoms with Crippen molar-refractivity contribution in [3.63, 3.8) is 0 Å². The summed E-state index contributed by atoms with van der Waals surface area (Å²) in [7, 11) is -5.05. The number of allylic oxidation sites excluding steroid dienone is 4. The number of hydrogen-bond acceptors (Lipinski definition) is 4. The molecule has 0 fully saturated rings. The standard InChI is InChI=1S/C12H10ClF4N3O2S/c13-5-1-2-7(14)6(3-5)9-4-8(15)10-18-12(19-20(9)10)23(21,22)11(16)17/h1-3,6-9,11H,4H2/t6?,7?,8-,9-/m0/s1. The number of nitrogens with zero attached hydrogens (tertiary/aromatic N) is 3. The number of fused-ring (bicyclic) bond motifs is 1. The minimum Gasteiger partial charge on any atom is -0.242 e. The molecule has 0 N–H and O–H groups in total. The van der Waals surface area contributed by atoms with Gasteiger partial charge in [0.25, 0.3) is 15.0 Å². The smallest absolute Gasteiger partial charge is 0.242 e. The zero-order valence-corrected chi connectivity index (χ0v) is 12.9. The molecule has 11 heteroatoms. The van der Waals surface area contributed by atoms with Crippen LogP contribution in [0.15, 0.2) is 28.4 Å². The van der Waals surface area contributed by atoms with E-state index in [2.05, 4.69) is 10.1 Å². The van der Waals surface area contributed by atoms with E-state index in [0.717, 1.165) is 4.68 Å². The Labute approximate surface area is 133 Å². The van der Waals surface area contributed by atoms with Crippen LogP contribution in [0, 0.1) is 5.92 Å². The highest BCUT2D eigenvalue weighted by Crippen LogP contribution is 2.44. The van der Waals surface area contributed by atoms with Gasteiger partial charge in [0.05, 0.1) is 6.04 Å². The van der Waals surface area contributed by atoms with Gasteiger partial charge in [-0.25, -0.2) is 21.9 Å². The highest BCUT2D eigenvalue weighted by molar-refractivity contribution is 7.91. The molecule has 0 radical (unpaired) electrons. The highest BCUT2D eigenvalue weighted by Gasteiger charge is 2.43. The lowest BCUT2D eigenvalue weighted by molar-refractivity contribution is 0.217. The second-order valence-corrected chi connectivity index (χ2v) is 7.45. The first-order valence-electron chi connectivity index (χ1n) is 6.54. The Morgan fingerprint density at radius 1 is 1.35 bits per heavy atom. The van der Waals surface area contributed by atoms with Crippen LogP contribution < -0.4 is 0 Å². The van der Waals surface area contributed by atoms with Crippen LogP contribution in [-0.4, -0.2) is 35.1 Å². The SMILES string of the molecule is O=S(=O)(c1nc2n(n1)[C@H](C1C=C(Cl)C=CC1F)C[C@@H]2F)C(F)F. The van der Waals surface area contributed by atoms with E-state index in [1.807, 2.05) is 0 Å². The predicted octanol–water partition coefficient (Wildman–Crippen LogP) is 2.88. The van der Waals surface area contributed by atoms with Crippen molar-refractivity contribution in [2.45, 2.75) is 35.7 Å². The molecule has 1 aromatic heterocycles. The van der Waals surface area contributed by atoms with Crippen molar-refractivity contribution in [1.82, 2.24) is 14.8 Å². The third kappa shape index (κ3) is 2.67. The van der Waals surface area contributed by atoms with Crippen molar-refractivity contribution < 1.29 is 26.0 Å². The first-order valence-corrected chi connectivity index (χ1v) is 8.46. The van der Waals surface area contributed by atoms with Gasteiger partial charge >= 0.3 is 5.76 Å². The molecule has 1 aromatic rings. The van der Waals surface area contributed by atoms with E-state index in [1.54, 1.807) is 0 Å². The fraction of sp³-hybridized carbons (Fsp3) is 0.500. The largest absolute Gasteiger partial charge is 0.344 e. The Balaban J connectivity index is 2.01. The van der Waals surface area contributed by atoms with Crippen LogP contribution in [0.5, 0.6) is 0 Å². The van der Waals surface area contributed by atoms with Crippen LogP contribution in [-0.2, 0) is 9.84 Å². The van der Waals surface area contributed by atoms with Crippen LogP contribution >= 0.6 is 11.6 Å². The number of halogens is 5. The molecule has 0 bridgehead atoms. The maximum atomic E-state index is 14.1. The minimum absolute atomic E-state index is 0.191. The molecule has 126 valence electrons. The molecule has 0 saturated carbocycles. The lowest BCUT2D eigenvalue weighted by atomic mass is 9.89. The molecule has 4 atom stereocenters. The van der Waals surface area contributed by atoms with E-state index in [-0.39, 0.29) is 11.5 Å². The first kappa shape index (κ1) is 16.4. The Morgan fingerprint density at radius 2 is 2.04 bits per heavy atom. The van der Waals surface area contributed by atoms with Crippen molar-refractivity contribution in [3.05, 3.63) is 29.1 Å². The summed E-state index contributed by atoms with van der Waals surface area (Å²) in [5, 5.41) is 2.57. The monoisotopic (exact) mass is 371 g/mol. The van der Waals surface area contributed by atoms with Crippen molar-refractivity contribution in [2.24, 2.45) is 5.92 Å². The van der Waals surface area contributed by atoms with E-state index in [4.69, 9.17) is 11.6 Å². The minimum atomic E-state index is -5.05. The highest BCUT2D eigenvalue weighted by atomic mass is 35.5. The average Bonchev–Trinajstić information content (AvgIpc) is 3.03. The summed E-state index contributed by atoms with van der Waals surface area (Å²) < 4.78 is 76.9. The van der Waals surface area contributed by atoms with Crippen LogP contribution in [0.2, 0.25) is 0 Å². The third-order valence-electron chi connectivity index (χ3n) is 3.77. The van der Waals surface area contributed by atoms with Crippen LogP contribution in [0.25, 0.3) is 0 Å². The lowest BCUT2D eigenvalue weighted by Gasteiger charge is -2.25. The molecular weight excluding hydrogens is 362 g/mol. The van der Waals surface area contributed by atoms with E-state index < -0.39 is 50.9 Å². The molecule has 2 aliphatic rings. The number of aromatic nitrogens is 3. The average molecular weight is 372 g/mol. The van der Waals surface area contributed by atoms with Crippen molar-refractivity contribution in [1.29, 1.82) is 0 Å². The maximum absolute atomic E-state index is 14.1. The van der Waals surface area contributed by atoms with Gasteiger partial charge in [-0.05, 0) is 12.2 Å². The lowest BCUT2D eigenvalue weighted by Crippen LogP contribution is -2.25. The summed E-state index contributed by atoms with van der Waals surface area (Å²) in [6.45, 7) is 0. The number of hydrogen-bond donors (Lipinski definition) is 0. The van der Waals surface area contributed by atoms with Gasteiger partial charge in [0, 0.05) is 17.4 Å². The van der Waals surface area contributed by atoms with E-state index in [9.17, 15) is 26.0 Å². The topological polar surface area (TPSA) is 64.8 Å². The van der Waals surface area contributed by atoms with Gasteiger partial charge in [0.1, 0.15) is 6.17 Å². The van der Waals surface area contributed by atoms with Gasteiger partial charge in [-0.2, -0.15) is 13.8 Å². The molecular formula is C12H10ClF4N3O2S. The molecule has 2 unspecified atom stereocenters. The molecule has 2 heterocycles. The van der Waals surface area contributed by atoms with E-state index >= 15 is 0 Å². The van der Waals surface area contributed by atoms with Crippen molar-refractivity contribution in [3.8, 4) is 0 Å². The van der Waals surface area contributed by atoms with Gasteiger partial charge in [-0.1, -0.05) is 17.7 Å². The summed E-state index contributed by atoms with van der Waals surface area (Å²) in [5.74, 6) is -5.01. The first-order chi connectivity index (χ1) is 10.7. The zero-order valence-electron chi connectivity index (χ0n) is 11.3. The Hall–Kier alpha value is -1.42. The Kier molecular flexibility index (Phi) is 3.99. The molecule has 0 saturated heterocycles. The molecule has 1 aliphatic carbocycles. The molecule has 5 nitrogen and oxygen atoms in total. The second-order valence-electron chi connectivity index (χ2n) is 5.21. The summed E-state index contributed by atoms with van der Waals surface area (Å²) >= 11 is 5.81. The fourth-order valence-corrected chi connectivity index (χ4v) is 3.48. The molecule has 0 spiro atoms. The van der Waals surface area contributed by atoms with E-state index in [1.165, 1.54) is 18.2 Å². The number of rotatable bonds is 3. The Bertz CT molecular complexity index is 792. The molecule has 3 rings (SSSR count). The van der Waals surface area contributed by atoms with E-state index in [0.29, 0.717) is 0 Å². The third-order valence-corrected chi connectivity index (χ3v) is 5.18. The number of sulfone groups is 1. The Morgan fingerprint density at radius 3 is 2.70 bits per heavy atom. The molecule has 1 aliphatic heterocycles. The molecule has 0 aromatic carbocycles. The summed E-state index contributed by atoms with van der Waals surface area (Å²) in [4.78, 5) is 3.37. The zero-order chi connectivity index (χ0) is 16.9. The van der Waals surface area contributed by atoms with Gasteiger partial charge in [-0.3, -0.25) is 0 Å². The summed E-state index contributed by atoms with van der Waals surface area (Å²) in [6, 6.07) is -0.900. The van der Waals surface area contributed by atoms with Crippen LogP contribution in [0.4, 0.5) is 17.6 Å². The normalized spacial score (nSPS) is 30.6. The molecule has 23 heavy (non-hydrogen) atoms. The van der Waals surface area contributed by atoms with Gasteiger partial charge < -0.3 is 0 Å². The summed E-state index contributed by atoms with van der Waals surface area (Å²) in [6.07, 6.45) is 0.497. The van der Waals surface area contributed by atoms with Gasteiger partial charge in [0.15, 0.2) is 12.0 Å². The predicted molar refractivity (Wildman–Crippen MR) is 72.2 cm³/mol. The fourth-order valence-electron chi connectivity index (χ4n) is 2.68. The summed E-state index contributed by atoms with van der Waals surface area (Å²) in [5.41, 5.74) is 0. The second kappa shape index (κ2) is 5.59. The van der Waals surface area contributed by atoms with Gasteiger partial charge in [0.2, 0.25) is 0 Å². The maximum Gasteiger partial charge on any atom is 0.344 e. The van der Waals surface area contributed by atoms with Gasteiger partial charge in [-0.15, -0.1) is 5.10 Å². The molecule has 0 amide bonds. The quantitative estimate of drug-likeness (QED) is 0.766. The van der Waals surface area contributed by atoms with Crippen LogP contribution in [0.1, 0.15) is 24.5 Å². The van der Waals surface area contributed by atoms with Crippen molar-refractivity contribution >= 4 is 21.4 Å². The number of alkyl halides is 4.